The van der Waals surface area contributed by atoms with Gasteiger partial charge in [0, 0.05) is 6.42 Å². The van der Waals surface area contributed by atoms with E-state index >= 15 is 0 Å². The van der Waals surface area contributed by atoms with Crippen LogP contribution in [0.25, 0.3) is 0 Å². The number of hydrogen-bond donors (Lipinski definition) is 2. The fourth-order valence-corrected chi connectivity index (χ4v) is 2.66. The molecule has 0 aliphatic rings. The van der Waals surface area contributed by atoms with Gasteiger partial charge in [0.25, 0.3) is 0 Å². The summed E-state index contributed by atoms with van der Waals surface area (Å²) in [6, 6.07) is 9.62. The molecule has 0 unspecified atom stereocenters. The molecule has 1 amide bonds. The molecule has 0 saturated heterocycles. The summed E-state index contributed by atoms with van der Waals surface area (Å²) < 4.78 is 26.2. The third-order valence-corrected chi connectivity index (χ3v) is 4.24. The van der Waals surface area contributed by atoms with Crippen molar-refractivity contribution in [1.29, 1.82) is 0 Å². The number of nitrogens with one attached hydrogen (secondary N) is 1. The maximum absolute atomic E-state index is 13.2. The number of carboxylic acid groups (broad SMARTS) is 1. The van der Waals surface area contributed by atoms with E-state index in [0.29, 0.717) is 0 Å². The van der Waals surface area contributed by atoms with Crippen molar-refractivity contribution in [2.24, 2.45) is 0 Å². The fourth-order valence-electron chi connectivity index (χ4n) is 2.66. The Morgan fingerprint density at radius 3 is 2.11 bits per heavy atom. The first-order valence-electron chi connectivity index (χ1n) is 8.62. The Kier molecular flexibility index (Phi) is 6.31. The Balaban J connectivity index is 2.03. The number of amides is 1. The van der Waals surface area contributed by atoms with E-state index in [-0.39, 0.29) is 23.8 Å². The first kappa shape index (κ1) is 20.6. The van der Waals surface area contributed by atoms with E-state index in [1.807, 2.05) is 24.3 Å². The highest BCUT2D eigenvalue weighted by molar-refractivity contribution is 5.85. The number of benzene rings is 2. The third kappa shape index (κ3) is 5.88. The van der Waals surface area contributed by atoms with Crippen molar-refractivity contribution in [3.8, 4) is 0 Å². The van der Waals surface area contributed by atoms with Gasteiger partial charge in [-0.05, 0) is 34.2 Å². The minimum absolute atomic E-state index is 0.0105. The van der Waals surface area contributed by atoms with Crippen LogP contribution in [0.15, 0.2) is 42.5 Å². The SMILES string of the molecule is CC(C)(C)c1ccc(C[C@@H](NC(=O)Cc2ccc(F)c(F)c2)C(=O)O)cc1. The maximum Gasteiger partial charge on any atom is 0.326 e. The van der Waals surface area contributed by atoms with Gasteiger partial charge in [-0.2, -0.15) is 0 Å². The summed E-state index contributed by atoms with van der Waals surface area (Å²) in [5, 5.41) is 11.8. The van der Waals surface area contributed by atoms with Gasteiger partial charge in [-0.15, -0.1) is 0 Å². The Labute approximate surface area is 157 Å². The standard InChI is InChI=1S/C21H23F2NO3/c1-21(2,3)15-7-4-13(5-8-15)11-18(20(26)27)24-19(25)12-14-6-9-16(22)17(23)10-14/h4-10,18H,11-12H2,1-3H3,(H,24,25)(H,26,27)/t18-/m1/s1. The van der Waals surface area contributed by atoms with Crippen LogP contribution in [0.1, 0.15) is 37.5 Å². The van der Waals surface area contributed by atoms with Crippen molar-refractivity contribution < 1.29 is 23.5 Å². The second-order valence-corrected chi connectivity index (χ2v) is 7.53. The number of halogens is 2. The molecule has 2 N–H and O–H groups in total. The summed E-state index contributed by atoms with van der Waals surface area (Å²) in [7, 11) is 0. The second-order valence-electron chi connectivity index (χ2n) is 7.53. The molecule has 0 spiro atoms. The summed E-state index contributed by atoms with van der Waals surface area (Å²) >= 11 is 0. The minimum atomic E-state index is -1.16. The quantitative estimate of drug-likeness (QED) is 0.810. The van der Waals surface area contributed by atoms with E-state index in [2.05, 4.69) is 26.1 Å². The molecule has 4 nitrogen and oxygen atoms in total. The average molecular weight is 375 g/mol. The lowest BCUT2D eigenvalue weighted by molar-refractivity contribution is -0.141. The molecule has 0 aliphatic heterocycles. The molecule has 0 aromatic heterocycles. The van der Waals surface area contributed by atoms with Crippen LogP contribution in [0, 0.1) is 11.6 Å². The normalized spacial score (nSPS) is 12.5. The number of hydrogen-bond acceptors (Lipinski definition) is 2. The molecule has 2 rings (SSSR count). The molecule has 0 fully saturated rings. The molecule has 2 aromatic carbocycles. The van der Waals surface area contributed by atoms with Gasteiger partial charge in [0.1, 0.15) is 6.04 Å². The van der Waals surface area contributed by atoms with Crippen LogP contribution in [0.2, 0.25) is 0 Å². The lowest BCUT2D eigenvalue weighted by Crippen LogP contribution is -2.43. The van der Waals surface area contributed by atoms with Crippen LogP contribution in [0.4, 0.5) is 8.78 Å². The van der Waals surface area contributed by atoms with Gasteiger partial charge >= 0.3 is 5.97 Å². The molecule has 144 valence electrons. The van der Waals surface area contributed by atoms with Gasteiger partial charge in [0.05, 0.1) is 6.42 Å². The zero-order chi connectivity index (χ0) is 20.2. The molecular weight excluding hydrogens is 352 g/mol. The Hall–Kier alpha value is -2.76. The lowest BCUT2D eigenvalue weighted by Gasteiger charge is -2.20. The molecule has 0 radical (unpaired) electrons. The Bertz CT molecular complexity index is 826. The van der Waals surface area contributed by atoms with E-state index in [1.165, 1.54) is 6.07 Å². The summed E-state index contributed by atoms with van der Waals surface area (Å²) in [4.78, 5) is 23.6. The predicted octanol–water partition coefficient (Wildman–Crippen LogP) is 3.62. The van der Waals surface area contributed by atoms with Gasteiger partial charge < -0.3 is 10.4 Å². The average Bonchev–Trinajstić information content (AvgIpc) is 2.57. The van der Waals surface area contributed by atoms with Crippen molar-refractivity contribution in [3.05, 3.63) is 70.8 Å². The number of carboxylic acids is 1. The highest BCUT2D eigenvalue weighted by Gasteiger charge is 2.21. The topological polar surface area (TPSA) is 66.4 Å². The first-order valence-corrected chi connectivity index (χ1v) is 8.62. The van der Waals surface area contributed by atoms with Crippen LogP contribution in [-0.4, -0.2) is 23.0 Å². The highest BCUT2D eigenvalue weighted by Crippen LogP contribution is 2.22. The fraction of sp³-hybridized carbons (Fsp3) is 0.333. The van der Waals surface area contributed by atoms with Crippen molar-refractivity contribution in [2.75, 3.05) is 0 Å². The number of rotatable bonds is 6. The Morgan fingerprint density at radius 2 is 1.59 bits per heavy atom. The molecule has 2 aromatic rings. The van der Waals surface area contributed by atoms with Crippen molar-refractivity contribution in [2.45, 2.75) is 45.1 Å². The van der Waals surface area contributed by atoms with E-state index in [9.17, 15) is 23.5 Å². The number of aliphatic carboxylic acids is 1. The second kappa shape index (κ2) is 8.29. The highest BCUT2D eigenvalue weighted by atomic mass is 19.2. The number of carbonyl (C=O) groups excluding carboxylic acids is 1. The van der Waals surface area contributed by atoms with Gasteiger partial charge in [-0.25, -0.2) is 13.6 Å². The van der Waals surface area contributed by atoms with E-state index in [0.717, 1.165) is 23.3 Å². The maximum atomic E-state index is 13.2. The molecular formula is C21H23F2NO3. The molecule has 6 heteroatoms. The molecule has 0 bridgehead atoms. The van der Waals surface area contributed by atoms with Crippen molar-refractivity contribution in [1.82, 2.24) is 5.32 Å². The van der Waals surface area contributed by atoms with Gasteiger partial charge in [0.2, 0.25) is 5.91 Å². The Morgan fingerprint density at radius 1 is 1.00 bits per heavy atom. The monoisotopic (exact) mass is 375 g/mol. The summed E-state index contributed by atoms with van der Waals surface area (Å²) in [6.07, 6.45) is -0.104. The van der Waals surface area contributed by atoms with E-state index in [4.69, 9.17) is 0 Å². The summed E-state index contributed by atoms with van der Waals surface area (Å²) in [5.41, 5.74) is 2.16. The van der Waals surface area contributed by atoms with Gasteiger partial charge in [0.15, 0.2) is 11.6 Å². The van der Waals surface area contributed by atoms with E-state index in [1.54, 1.807) is 0 Å². The van der Waals surface area contributed by atoms with Crippen LogP contribution in [-0.2, 0) is 27.8 Å². The zero-order valence-corrected chi connectivity index (χ0v) is 15.6. The van der Waals surface area contributed by atoms with Crippen LogP contribution in [0.5, 0.6) is 0 Å². The molecule has 27 heavy (non-hydrogen) atoms. The van der Waals surface area contributed by atoms with Crippen LogP contribution in [0.3, 0.4) is 0 Å². The van der Waals surface area contributed by atoms with E-state index < -0.39 is 29.6 Å². The predicted molar refractivity (Wildman–Crippen MR) is 98.5 cm³/mol. The van der Waals surface area contributed by atoms with Gasteiger partial charge in [-0.3, -0.25) is 4.79 Å². The lowest BCUT2D eigenvalue weighted by atomic mass is 9.86. The smallest absolute Gasteiger partial charge is 0.326 e. The van der Waals surface area contributed by atoms with Crippen molar-refractivity contribution >= 4 is 11.9 Å². The summed E-state index contributed by atoms with van der Waals surface area (Å²) in [5.74, 6) is -3.77. The summed E-state index contributed by atoms with van der Waals surface area (Å²) in [6.45, 7) is 6.25. The molecule has 0 aliphatic carbocycles. The zero-order valence-electron chi connectivity index (χ0n) is 15.6. The largest absolute Gasteiger partial charge is 0.480 e. The van der Waals surface area contributed by atoms with Gasteiger partial charge in [-0.1, -0.05) is 51.1 Å². The first-order chi connectivity index (χ1) is 12.6. The van der Waals surface area contributed by atoms with Crippen LogP contribution >= 0.6 is 0 Å². The van der Waals surface area contributed by atoms with Crippen LogP contribution < -0.4 is 5.32 Å². The van der Waals surface area contributed by atoms with Crippen molar-refractivity contribution in [3.63, 3.8) is 0 Å². The molecule has 0 heterocycles. The minimum Gasteiger partial charge on any atom is -0.480 e. The molecule has 0 saturated carbocycles. The molecule has 1 atom stereocenters. The number of carbonyl (C=O) groups is 2. The third-order valence-electron chi connectivity index (χ3n) is 4.24.